The van der Waals surface area contributed by atoms with E-state index in [-0.39, 0.29) is 74.3 Å². The van der Waals surface area contributed by atoms with Gasteiger partial charge in [-0.15, -0.1) is 6.42 Å². The number of urea groups is 1. The fourth-order valence-corrected chi connectivity index (χ4v) is 10.4. The largest absolute Gasteiger partial charge is 0.508 e. The number of likely N-dealkylation sites (tertiary alicyclic amines) is 2. The number of nitrogens with zero attached hydrogens (tertiary/aromatic N) is 7. The molecule has 11 rings (SSSR count). The van der Waals surface area contributed by atoms with Crippen LogP contribution < -0.4 is 14.4 Å². The van der Waals surface area contributed by atoms with Crippen molar-refractivity contribution in [1.29, 1.82) is 0 Å². The molecule has 0 radical (unpaired) electrons. The lowest BCUT2D eigenvalue weighted by atomic mass is 9.95. The molecule has 4 aromatic rings. The van der Waals surface area contributed by atoms with E-state index in [1.807, 2.05) is 4.90 Å². The number of halogens is 2. The van der Waals surface area contributed by atoms with Gasteiger partial charge in [0.1, 0.15) is 34.0 Å². The molecule has 11 nitrogen and oxygen atoms in total. The molecule has 6 atom stereocenters. The summed E-state index contributed by atoms with van der Waals surface area (Å²) in [5, 5.41) is 11.7. The Kier molecular flexibility index (Phi) is 7.30. The first-order valence-electron chi connectivity index (χ1n) is 19.7. The molecule has 0 spiro atoms. The number of hydrogen-bond donors (Lipinski definition) is 1. The Labute approximate surface area is 317 Å². The van der Waals surface area contributed by atoms with Crippen LogP contribution in [0.15, 0.2) is 24.3 Å². The number of fused-ring (bicyclic) bond motifs is 6. The maximum absolute atomic E-state index is 17.4. The molecule has 13 heteroatoms. The van der Waals surface area contributed by atoms with Crippen molar-refractivity contribution >= 4 is 33.5 Å². The first kappa shape index (κ1) is 33.4. The number of pyridine rings is 1. The number of phenols is 1. The third-order valence-electron chi connectivity index (χ3n) is 13.7. The SMILES string of the molecule is C#Cc1c(F)ccc2cc(O)cc(-c3nc(OC)c4c(N5CC6CCC(C5)N6C(=O)N5CC6CC6C5)nc(OCC5(CN6CC7CC7C6)CC5)nc4c3F)c12. The third kappa shape index (κ3) is 5.46. The van der Waals surface area contributed by atoms with E-state index >= 15 is 8.78 Å². The van der Waals surface area contributed by atoms with Crippen LogP contribution in [-0.4, -0.2) is 112 Å². The Hall–Kier alpha value is -4.96. The van der Waals surface area contributed by atoms with Crippen molar-refractivity contribution in [3.63, 3.8) is 0 Å². The van der Waals surface area contributed by atoms with Gasteiger partial charge in [-0.1, -0.05) is 12.0 Å². The average molecular weight is 748 g/mol. The number of aromatic nitrogens is 3. The second kappa shape index (κ2) is 12.0. The van der Waals surface area contributed by atoms with Crippen LogP contribution in [0.3, 0.4) is 0 Å². The van der Waals surface area contributed by atoms with E-state index in [0.717, 1.165) is 70.2 Å². The molecule has 55 heavy (non-hydrogen) atoms. The lowest BCUT2D eigenvalue weighted by molar-refractivity contribution is 0.127. The van der Waals surface area contributed by atoms with E-state index in [1.165, 1.54) is 44.2 Å². The van der Waals surface area contributed by atoms with Gasteiger partial charge in [-0.3, -0.25) is 0 Å². The summed E-state index contributed by atoms with van der Waals surface area (Å²) in [4.78, 5) is 36.9. The minimum absolute atomic E-state index is 0.00629. The molecule has 2 amide bonds. The van der Waals surface area contributed by atoms with Gasteiger partial charge in [0, 0.05) is 62.2 Å². The first-order valence-corrected chi connectivity index (χ1v) is 19.7. The number of carbonyl (C=O) groups excluding carboxylic acids is 1. The molecule has 2 aromatic heterocycles. The number of piperidine rings is 2. The zero-order valence-corrected chi connectivity index (χ0v) is 30.8. The second-order valence-electron chi connectivity index (χ2n) is 17.4. The number of amides is 2. The number of aromatic hydroxyl groups is 1. The Morgan fingerprint density at radius 2 is 1.67 bits per heavy atom. The van der Waals surface area contributed by atoms with Crippen molar-refractivity contribution < 1.29 is 28.2 Å². The minimum atomic E-state index is -0.801. The predicted octanol–water partition coefficient (Wildman–Crippen LogP) is 5.65. The number of phenolic OH excluding ortho intramolecular Hbond substituents is 1. The molecule has 2 aromatic carbocycles. The number of hydrogen-bond acceptors (Lipinski definition) is 9. The molecule has 4 aliphatic heterocycles. The molecular weight excluding hydrogens is 705 g/mol. The lowest BCUT2D eigenvalue weighted by Gasteiger charge is -2.43. The van der Waals surface area contributed by atoms with Crippen LogP contribution >= 0.6 is 0 Å². The summed E-state index contributed by atoms with van der Waals surface area (Å²) < 4.78 is 44.8. The van der Waals surface area contributed by atoms with E-state index in [0.29, 0.717) is 42.7 Å². The van der Waals surface area contributed by atoms with Gasteiger partial charge < -0.3 is 34.2 Å². The summed E-state index contributed by atoms with van der Waals surface area (Å²) in [7, 11) is 1.45. The van der Waals surface area contributed by atoms with Gasteiger partial charge in [-0.25, -0.2) is 18.6 Å². The summed E-state index contributed by atoms with van der Waals surface area (Å²) in [6, 6.07) is 5.60. The fourth-order valence-electron chi connectivity index (χ4n) is 10.4. The van der Waals surface area contributed by atoms with Crippen molar-refractivity contribution in [2.75, 3.05) is 64.4 Å². The van der Waals surface area contributed by atoms with Crippen LogP contribution in [-0.2, 0) is 0 Å². The average Bonchev–Trinajstić information content (AvgIpc) is 4.15. The standard InChI is InChI=1S/C42H43F2N7O4/c1-3-30-32(43)7-4-22-12-29(52)13-31(33(22)30)36-35(44)37-34(39(45-36)54-2)38(47-40(46-37)55-21-42(8-9-42)20-48-14-23-10-24(23)15-48)49-18-27-5-6-28(19-49)51(27)41(53)50-16-25-11-26(25)17-50/h1,4,7,12-13,23-28,52H,5-6,8-11,14-21H2,2H3. The summed E-state index contributed by atoms with van der Waals surface area (Å²) >= 11 is 0. The summed E-state index contributed by atoms with van der Waals surface area (Å²) in [6.07, 6.45) is 12.2. The number of benzene rings is 2. The normalized spacial score (nSPS) is 28.4. The van der Waals surface area contributed by atoms with Crippen LogP contribution in [0.1, 0.15) is 44.1 Å². The summed E-state index contributed by atoms with van der Waals surface area (Å²) in [5.41, 5.74) is -0.226. The van der Waals surface area contributed by atoms with Crippen LogP contribution in [0.2, 0.25) is 0 Å². The van der Waals surface area contributed by atoms with Crippen molar-refractivity contribution in [2.24, 2.45) is 29.1 Å². The number of anilines is 1. The Bertz CT molecular complexity index is 2310. The smallest absolute Gasteiger partial charge is 0.320 e. The molecule has 6 heterocycles. The van der Waals surface area contributed by atoms with Crippen LogP contribution in [0, 0.1) is 53.1 Å². The summed E-state index contributed by atoms with van der Waals surface area (Å²) in [6.45, 7) is 6.36. The number of ether oxygens (including phenoxy) is 2. The molecule has 2 bridgehead atoms. The lowest BCUT2D eigenvalue weighted by Crippen LogP contribution is -2.59. The molecule has 3 saturated carbocycles. The van der Waals surface area contributed by atoms with Crippen molar-refractivity contribution in [1.82, 2.24) is 29.7 Å². The highest BCUT2D eigenvalue weighted by atomic mass is 19.1. The molecular formula is C42H43F2N7O4. The van der Waals surface area contributed by atoms with Gasteiger partial charge in [0.25, 0.3) is 0 Å². The second-order valence-corrected chi connectivity index (χ2v) is 17.4. The molecule has 284 valence electrons. The first-order chi connectivity index (χ1) is 26.7. The van der Waals surface area contributed by atoms with Crippen molar-refractivity contribution in [3.05, 3.63) is 41.5 Å². The van der Waals surface area contributed by atoms with Gasteiger partial charge in [0.2, 0.25) is 5.88 Å². The van der Waals surface area contributed by atoms with Crippen molar-refractivity contribution in [2.45, 2.75) is 50.6 Å². The van der Waals surface area contributed by atoms with Crippen LogP contribution in [0.5, 0.6) is 17.6 Å². The number of rotatable bonds is 8. The van der Waals surface area contributed by atoms with Gasteiger partial charge >= 0.3 is 12.0 Å². The predicted molar refractivity (Wildman–Crippen MR) is 201 cm³/mol. The zero-order chi connectivity index (χ0) is 37.3. The number of terminal acetylenes is 1. The van der Waals surface area contributed by atoms with E-state index < -0.39 is 11.6 Å². The third-order valence-corrected chi connectivity index (χ3v) is 13.7. The van der Waals surface area contributed by atoms with E-state index in [2.05, 4.69) is 25.6 Å². The fraction of sp³-hybridized carbons (Fsp3) is 0.524. The van der Waals surface area contributed by atoms with Gasteiger partial charge in [-0.2, -0.15) is 9.97 Å². The number of carbonyl (C=O) groups is 1. The molecule has 3 aliphatic carbocycles. The Balaban J connectivity index is 1.00. The molecule has 4 saturated heterocycles. The highest BCUT2D eigenvalue weighted by molar-refractivity contribution is 6.04. The van der Waals surface area contributed by atoms with E-state index in [4.69, 9.17) is 25.9 Å². The zero-order valence-electron chi connectivity index (χ0n) is 30.8. The molecule has 6 unspecified atom stereocenters. The van der Waals surface area contributed by atoms with E-state index in [9.17, 15) is 9.90 Å². The number of methoxy groups -OCH3 is 1. The minimum Gasteiger partial charge on any atom is -0.508 e. The maximum Gasteiger partial charge on any atom is 0.320 e. The summed E-state index contributed by atoms with van der Waals surface area (Å²) in [5.74, 6) is 4.27. The molecule has 7 fully saturated rings. The Morgan fingerprint density at radius 1 is 0.964 bits per heavy atom. The monoisotopic (exact) mass is 747 g/mol. The maximum atomic E-state index is 17.4. The topological polar surface area (TPSA) is 107 Å². The van der Waals surface area contributed by atoms with Gasteiger partial charge in [0.15, 0.2) is 5.82 Å². The van der Waals surface area contributed by atoms with Gasteiger partial charge in [0.05, 0.1) is 31.4 Å². The molecule has 7 aliphatic rings. The van der Waals surface area contributed by atoms with E-state index in [1.54, 1.807) is 0 Å². The number of piperazine rings is 1. The van der Waals surface area contributed by atoms with Crippen LogP contribution in [0.25, 0.3) is 32.9 Å². The highest BCUT2D eigenvalue weighted by Gasteiger charge is 2.52. The van der Waals surface area contributed by atoms with Crippen molar-refractivity contribution in [3.8, 4) is 41.2 Å². The quantitative estimate of drug-likeness (QED) is 0.229. The van der Waals surface area contributed by atoms with Crippen LogP contribution in [0.4, 0.5) is 19.4 Å². The Morgan fingerprint density at radius 3 is 2.35 bits per heavy atom. The van der Waals surface area contributed by atoms with Gasteiger partial charge in [-0.05, 0) is 85.8 Å². The molecule has 1 N–H and O–H groups in total. The highest BCUT2D eigenvalue weighted by Crippen LogP contribution is 2.51.